The molecule has 1 aliphatic rings. The minimum Gasteiger partial charge on any atom is -0.478 e. The van der Waals surface area contributed by atoms with E-state index in [1.165, 1.54) is 0 Å². The van der Waals surface area contributed by atoms with Gasteiger partial charge in [-0.15, -0.1) is 0 Å². The van der Waals surface area contributed by atoms with Crippen molar-refractivity contribution in [3.63, 3.8) is 0 Å². The lowest BCUT2D eigenvalue weighted by molar-refractivity contribution is 0.0696. The Balaban J connectivity index is 1.83. The zero-order valence-corrected chi connectivity index (χ0v) is 20.4. The molecule has 7 nitrogen and oxygen atoms in total. The highest BCUT2D eigenvalue weighted by atomic mass is 32.2. The molecule has 0 bridgehead atoms. The molecule has 1 aliphatic carbocycles. The molecule has 0 atom stereocenters. The second kappa shape index (κ2) is 11.5. The number of para-hydroxylation sites is 1. The van der Waals surface area contributed by atoms with Crippen molar-refractivity contribution in [1.29, 1.82) is 0 Å². The van der Waals surface area contributed by atoms with Crippen molar-refractivity contribution in [3.8, 4) is 0 Å². The molecule has 3 rings (SSSR count). The number of sulfonamides is 1. The van der Waals surface area contributed by atoms with Crippen LogP contribution in [0.25, 0.3) is 0 Å². The molecule has 33 heavy (non-hydrogen) atoms. The van der Waals surface area contributed by atoms with Crippen molar-refractivity contribution in [2.75, 3.05) is 36.2 Å². The van der Waals surface area contributed by atoms with E-state index in [0.717, 1.165) is 62.9 Å². The van der Waals surface area contributed by atoms with E-state index in [4.69, 9.17) is 0 Å². The third kappa shape index (κ3) is 6.26. The third-order valence-corrected chi connectivity index (χ3v) is 7.70. The molecule has 0 saturated carbocycles. The van der Waals surface area contributed by atoms with Gasteiger partial charge in [0.15, 0.2) is 0 Å². The number of aromatic carboxylic acids is 1. The number of nitrogens with zero attached hydrogens (tertiary/aromatic N) is 1. The molecule has 0 aromatic heterocycles. The molecule has 0 heterocycles. The minimum atomic E-state index is -3.98. The van der Waals surface area contributed by atoms with Crippen molar-refractivity contribution in [1.82, 2.24) is 4.90 Å². The van der Waals surface area contributed by atoms with Crippen LogP contribution >= 0.6 is 0 Å². The van der Waals surface area contributed by atoms with Gasteiger partial charge in [0.2, 0.25) is 0 Å². The largest absolute Gasteiger partial charge is 0.478 e. The highest BCUT2D eigenvalue weighted by molar-refractivity contribution is 7.92. The summed E-state index contributed by atoms with van der Waals surface area (Å²) in [6.07, 6.45) is 5.33. The summed E-state index contributed by atoms with van der Waals surface area (Å²) in [4.78, 5) is 14.6. The first-order valence-electron chi connectivity index (χ1n) is 11.8. The fourth-order valence-electron chi connectivity index (χ4n) is 4.45. The Hall–Kier alpha value is -2.58. The number of nitrogens with one attached hydrogen (secondary N) is 2. The van der Waals surface area contributed by atoms with Gasteiger partial charge in [-0.2, -0.15) is 0 Å². The first-order chi connectivity index (χ1) is 15.9. The van der Waals surface area contributed by atoms with E-state index in [-0.39, 0.29) is 16.1 Å². The van der Waals surface area contributed by atoms with E-state index < -0.39 is 16.0 Å². The summed E-state index contributed by atoms with van der Waals surface area (Å²) >= 11 is 0. The smallest absolute Gasteiger partial charge is 0.338 e. The van der Waals surface area contributed by atoms with Crippen LogP contribution < -0.4 is 10.0 Å². The first kappa shape index (κ1) is 25.1. The van der Waals surface area contributed by atoms with Crippen molar-refractivity contribution in [3.05, 3.63) is 53.1 Å². The molecule has 2 aromatic rings. The van der Waals surface area contributed by atoms with E-state index >= 15 is 0 Å². The van der Waals surface area contributed by atoms with Crippen LogP contribution in [-0.2, 0) is 22.9 Å². The molecular formula is C25H35N3O4S. The zero-order chi connectivity index (χ0) is 23.8. The van der Waals surface area contributed by atoms with Gasteiger partial charge in [-0.1, -0.05) is 38.5 Å². The van der Waals surface area contributed by atoms with Crippen molar-refractivity contribution >= 4 is 27.4 Å². The maximum Gasteiger partial charge on any atom is 0.338 e. The number of carboxylic acids is 1. The number of carbonyl (C=O) groups is 1. The molecule has 0 radical (unpaired) electrons. The lowest BCUT2D eigenvalue weighted by atomic mass is 9.96. The average molecular weight is 474 g/mol. The molecule has 3 N–H and O–H groups in total. The number of rotatable bonds is 11. The van der Waals surface area contributed by atoms with E-state index in [2.05, 4.69) is 28.8 Å². The van der Waals surface area contributed by atoms with Crippen LogP contribution in [0.4, 0.5) is 11.4 Å². The molecule has 8 heteroatoms. The second-order valence-corrected chi connectivity index (χ2v) is 10.1. The molecule has 0 fully saturated rings. The molecule has 2 aromatic carbocycles. The fourth-order valence-corrected chi connectivity index (χ4v) is 5.70. The Morgan fingerprint density at radius 1 is 1.00 bits per heavy atom. The summed E-state index contributed by atoms with van der Waals surface area (Å²) in [5.41, 5.74) is 2.46. The monoisotopic (exact) mass is 473 g/mol. The number of aryl methyl sites for hydroxylation is 1. The number of hydrogen-bond acceptors (Lipinski definition) is 5. The Morgan fingerprint density at radius 3 is 2.45 bits per heavy atom. The predicted molar refractivity (Wildman–Crippen MR) is 133 cm³/mol. The van der Waals surface area contributed by atoms with Crippen molar-refractivity contribution in [2.24, 2.45) is 0 Å². The maximum atomic E-state index is 13.3. The third-order valence-electron chi connectivity index (χ3n) is 6.28. The molecule has 0 unspecified atom stereocenters. The molecule has 0 aliphatic heterocycles. The minimum absolute atomic E-state index is 0.0719. The van der Waals surface area contributed by atoms with Crippen molar-refractivity contribution < 1.29 is 18.3 Å². The summed E-state index contributed by atoms with van der Waals surface area (Å²) < 4.78 is 29.2. The van der Waals surface area contributed by atoms with E-state index in [0.29, 0.717) is 18.7 Å². The number of anilines is 2. The summed E-state index contributed by atoms with van der Waals surface area (Å²) in [6, 6.07) is 10.2. The second-order valence-electron chi connectivity index (χ2n) is 8.40. The van der Waals surface area contributed by atoms with E-state index in [1.54, 1.807) is 30.3 Å². The van der Waals surface area contributed by atoms with Gasteiger partial charge >= 0.3 is 5.97 Å². The standard InChI is InChI=1S/C25H35N3O4S/c1-3-28(4-2)18-10-17-26-21-13-8-9-14-23(21)33(31,32)27-22-16-15-19-11-6-5-7-12-20(19)24(22)25(29)30/h8-9,13-16,26-27H,3-7,10-12,17-18H2,1-2H3,(H,29,30). The summed E-state index contributed by atoms with van der Waals surface area (Å²) in [5, 5.41) is 13.2. The maximum absolute atomic E-state index is 13.3. The van der Waals surface area contributed by atoms with E-state index in [1.807, 2.05) is 6.07 Å². The summed E-state index contributed by atoms with van der Waals surface area (Å²) in [5.74, 6) is -1.10. The Labute approximate surface area is 197 Å². The van der Waals surface area contributed by atoms with Gasteiger partial charge in [-0.3, -0.25) is 4.72 Å². The molecule has 0 spiro atoms. The Kier molecular flexibility index (Phi) is 8.74. The van der Waals surface area contributed by atoms with Gasteiger partial charge in [0, 0.05) is 6.54 Å². The van der Waals surface area contributed by atoms with Gasteiger partial charge in [0.1, 0.15) is 4.90 Å². The lowest BCUT2D eigenvalue weighted by Gasteiger charge is -2.19. The molecule has 0 amide bonds. The first-order valence-corrected chi connectivity index (χ1v) is 13.3. The van der Waals surface area contributed by atoms with Crippen LogP contribution in [-0.4, -0.2) is 50.6 Å². The normalized spacial score (nSPS) is 13.9. The Morgan fingerprint density at radius 2 is 1.73 bits per heavy atom. The van der Waals surface area contributed by atoms with Crippen LogP contribution in [0.1, 0.15) is 61.0 Å². The number of benzene rings is 2. The summed E-state index contributed by atoms with van der Waals surface area (Å²) in [7, 11) is -3.98. The van der Waals surface area contributed by atoms with Crippen molar-refractivity contribution in [2.45, 2.75) is 57.3 Å². The van der Waals surface area contributed by atoms with Gasteiger partial charge in [-0.25, -0.2) is 13.2 Å². The number of carboxylic acid groups (broad SMARTS) is 1. The highest BCUT2D eigenvalue weighted by Gasteiger charge is 2.25. The van der Waals surface area contributed by atoms with Gasteiger partial charge in [0.25, 0.3) is 10.0 Å². The highest BCUT2D eigenvalue weighted by Crippen LogP contribution is 2.31. The quantitative estimate of drug-likeness (QED) is 0.326. The van der Waals surface area contributed by atoms with Gasteiger partial charge in [-0.05, 0) is 81.1 Å². The summed E-state index contributed by atoms with van der Waals surface area (Å²) in [6.45, 7) is 7.79. The fraction of sp³-hybridized carbons (Fsp3) is 0.480. The van der Waals surface area contributed by atoms with Crippen LogP contribution in [0.15, 0.2) is 41.3 Å². The van der Waals surface area contributed by atoms with Crippen LogP contribution in [0.3, 0.4) is 0 Å². The van der Waals surface area contributed by atoms with Crippen LogP contribution in [0, 0.1) is 0 Å². The van der Waals surface area contributed by atoms with Crippen LogP contribution in [0.2, 0.25) is 0 Å². The lowest BCUT2D eigenvalue weighted by Crippen LogP contribution is -2.25. The molecule has 0 saturated heterocycles. The SMILES string of the molecule is CCN(CC)CCCNc1ccccc1S(=O)(=O)Nc1ccc2c(c1C(=O)O)CCCCC2. The number of fused-ring (bicyclic) bond motifs is 1. The van der Waals surface area contributed by atoms with Gasteiger partial charge < -0.3 is 15.3 Å². The average Bonchev–Trinajstić information content (AvgIpc) is 3.04. The molecule has 180 valence electrons. The van der Waals surface area contributed by atoms with E-state index in [9.17, 15) is 18.3 Å². The van der Waals surface area contributed by atoms with Gasteiger partial charge in [0.05, 0.1) is 16.9 Å². The van der Waals surface area contributed by atoms with Crippen LogP contribution in [0.5, 0.6) is 0 Å². The topological polar surface area (TPSA) is 98.7 Å². The zero-order valence-electron chi connectivity index (χ0n) is 19.6. The molecular weight excluding hydrogens is 438 g/mol. The predicted octanol–water partition coefficient (Wildman–Crippen LogP) is 4.60. The number of hydrogen-bond donors (Lipinski definition) is 3. The Bertz CT molecular complexity index is 1070.